The van der Waals surface area contributed by atoms with Gasteiger partial charge in [-0.15, -0.1) is 0 Å². The van der Waals surface area contributed by atoms with Crippen LogP contribution in [0.3, 0.4) is 0 Å². The van der Waals surface area contributed by atoms with Crippen molar-refractivity contribution >= 4 is 27.7 Å². The number of hydrogen-bond donors (Lipinski definition) is 1. The molecule has 0 aliphatic heterocycles. The summed E-state index contributed by atoms with van der Waals surface area (Å²) in [5.41, 5.74) is 5.86. The summed E-state index contributed by atoms with van der Waals surface area (Å²) >= 11 is 0. The molecule has 0 amide bonds. The first kappa shape index (κ1) is 18.6. The predicted molar refractivity (Wildman–Crippen MR) is 91.9 cm³/mol. The molecule has 2 N–H and O–H groups in total. The Labute approximate surface area is 145 Å². The molecule has 1 aromatic carbocycles. The van der Waals surface area contributed by atoms with E-state index in [4.69, 9.17) is 10.5 Å². The Morgan fingerprint density at radius 1 is 1.16 bits per heavy atom. The van der Waals surface area contributed by atoms with Crippen molar-refractivity contribution in [2.24, 2.45) is 0 Å². The van der Waals surface area contributed by atoms with E-state index in [1.54, 1.807) is 25.9 Å². The first-order valence-electron chi connectivity index (χ1n) is 7.28. The molecule has 0 aliphatic carbocycles. The molecule has 0 spiro atoms. The lowest BCUT2D eigenvalue weighted by Crippen LogP contribution is -2.18. The fourth-order valence-electron chi connectivity index (χ4n) is 1.90. The van der Waals surface area contributed by atoms with E-state index >= 15 is 0 Å². The highest BCUT2D eigenvalue weighted by atomic mass is 32.2. The molecule has 2 rings (SSSR count). The second-order valence-electron chi connectivity index (χ2n) is 5.59. The third-order valence-electron chi connectivity index (χ3n) is 3.22. The maximum absolute atomic E-state index is 12.2. The summed E-state index contributed by atoms with van der Waals surface area (Å²) in [6.07, 6.45) is 0.335. The number of carbonyl (C=O) groups excluding carboxylic acids is 1. The minimum absolute atomic E-state index is 0.0223. The average Bonchev–Trinajstić information content (AvgIpc) is 2.53. The second kappa shape index (κ2) is 7.01. The molecule has 0 saturated carbocycles. The summed E-state index contributed by atoms with van der Waals surface area (Å²) in [5, 5.41) is 0. The molecule has 0 bridgehead atoms. The van der Waals surface area contributed by atoms with Gasteiger partial charge >= 0.3 is 5.97 Å². The van der Waals surface area contributed by atoms with Gasteiger partial charge in [-0.3, -0.25) is 0 Å². The molecule has 1 heterocycles. The summed E-state index contributed by atoms with van der Waals surface area (Å²) in [6, 6.07) is 5.47. The van der Waals surface area contributed by atoms with Crippen molar-refractivity contribution in [3.63, 3.8) is 0 Å². The molecule has 0 unspecified atom stereocenters. The average molecular weight is 365 g/mol. The third-order valence-corrected chi connectivity index (χ3v) is 4.35. The predicted octanol–water partition coefficient (Wildman–Crippen LogP) is 0.841. The number of esters is 1. The molecule has 1 atom stereocenters. The molecule has 0 fully saturated rings. The van der Waals surface area contributed by atoms with Gasteiger partial charge in [-0.25, -0.2) is 13.2 Å². The Morgan fingerprint density at radius 3 is 2.28 bits per heavy atom. The first-order chi connectivity index (χ1) is 11.6. The minimum Gasteiger partial charge on any atom is -0.451 e. The molecular formula is C15H19N5O4S. The monoisotopic (exact) mass is 365 g/mol. The van der Waals surface area contributed by atoms with Gasteiger partial charge in [-0.1, -0.05) is 0 Å². The van der Waals surface area contributed by atoms with Crippen LogP contribution in [0.4, 0.5) is 11.9 Å². The van der Waals surface area contributed by atoms with Crippen molar-refractivity contribution in [1.82, 2.24) is 15.0 Å². The summed E-state index contributed by atoms with van der Waals surface area (Å²) < 4.78 is 28.2. The van der Waals surface area contributed by atoms with E-state index in [0.29, 0.717) is 5.95 Å². The van der Waals surface area contributed by atoms with Crippen molar-refractivity contribution < 1.29 is 17.9 Å². The number of carbonyl (C=O) groups is 1. The smallest absolute Gasteiger partial charge is 0.338 e. The number of nitrogens with zero attached hydrogens (tertiary/aromatic N) is 4. The van der Waals surface area contributed by atoms with Crippen LogP contribution in [-0.2, 0) is 14.6 Å². The summed E-state index contributed by atoms with van der Waals surface area (Å²) in [7, 11) is 0.171. The summed E-state index contributed by atoms with van der Waals surface area (Å²) in [5.74, 6) is -0.0350. The molecule has 0 saturated heterocycles. The van der Waals surface area contributed by atoms with Crippen molar-refractivity contribution in [1.29, 1.82) is 0 Å². The molecule has 9 nitrogen and oxygen atoms in total. The van der Waals surface area contributed by atoms with Crippen LogP contribution in [0, 0.1) is 0 Å². The molecule has 25 heavy (non-hydrogen) atoms. The number of sulfone groups is 1. The number of ether oxygens (including phenoxy) is 1. The maximum atomic E-state index is 12.2. The fraction of sp³-hybridized carbons (Fsp3) is 0.333. The molecule has 10 heteroatoms. The standard InChI is InChI=1S/C15H19N5O4S/c1-9(12-17-14(16)19-15(18-12)20(2)3)24-13(21)10-5-7-11(8-6-10)25(4,22)23/h5-9H,1-4H3,(H2,16,17,18,19)/t9-/m1/s1. The highest BCUT2D eigenvalue weighted by Gasteiger charge is 2.19. The van der Waals surface area contributed by atoms with Gasteiger partial charge in [0.25, 0.3) is 0 Å². The summed E-state index contributed by atoms with van der Waals surface area (Å²) in [4.78, 5) is 26.1. The normalized spacial score (nSPS) is 12.5. The van der Waals surface area contributed by atoms with Gasteiger partial charge in [-0.05, 0) is 31.2 Å². The molecule has 1 aromatic heterocycles. The van der Waals surface area contributed by atoms with Crippen LogP contribution in [0.5, 0.6) is 0 Å². The van der Waals surface area contributed by atoms with E-state index < -0.39 is 21.9 Å². The van der Waals surface area contributed by atoms with E-state index in [1.165, 1.54) is 24.3 Å². The van der Waals surface area contributed by atoms with Gasteiger partial charge in [0.1, 0.15) is 0 Å². The molecule has 2 aromatic rings. The minimum atomic E-state index is -3.33. The van der Waals surface area contributed by atoms with Gasteiger partial charge in [0.15, 0.2) is 21.8 Å². The lowest BCUT2D eigenvalue weighted by molar-refractivity contribution is 0.0319. The van der Waals surface area contributed by atoms with E-state index in [9.17, 15) is 13.2 Å². The van der Waals surface area contributed by atoms with E-state index in [1.807, 2.05) is 0 Å². The Morgan fingerprint density at radius 2 is 1.76 bits per heavy atom. The van der Waals surface area contributed by atoms with E-state index in [0.717, 1.165) is 6.26 Å². The number of nitrogen functional groups attached to an aromatic ring is 1. The number of anilines is 2. The molecule has 0 radical (unpaired) electrons. The number of nitrogens with two attached hydrogens (primary N) is 1. The topological polar surface area (TPSA) is 128 Å². The van der Waals surface area contributed by atoms with E-state index in [2.05, 4.69) is 15.0 Å². The van der Waals surface area contributed by atoms with Crippen molar-refractivity contribution in [3.05, 3.63) is 35.7 Å². The SMILES string of the molecule is C[C@@H](OC(=O)c1ccc(S(C)(=O)=O)cc1)c1nc(N)nc(N(C)C)n1. The molecular weight excluding hydrogens is 346 g/mol. The summed E-state index contributed by atoms with van der Waals surface area (Å²) in [6.45, 7) is 1.61. The third kappa shape index (κ3) is 4.63. The number of aromatic nitrogens is 3. The first-order valence-corrected chi connectivity index (χ1v) is 9.17. The van der Waals surface area contributed by atoms with Crippen LogP contribution in [0.15, 0.2) is 29.2 Å². The Kier molecular flexibility index (Phi) is 5.21. The number of rotatable bonds is 5. The van der Waals surface area contributed by atoms with Gasteiger partial charge in [0, 0.05) is 20.4 Å². The molecule has 134 valence electrons. The molecule has 0 aliphatic rings. The zero-order valence-electron chi connectivity index (χ0n) is 14.3. The van der Waals surface area contributed by atoms with Crippen LogP contribution in [0.1, 0.15) is 29.2 Å². The van der Waals surface area contributed by atoms with Crippen molar-refractivity contribution in [3.8, 4) is 0 Å². The van der Waals surface area contributed by atoms with E-state index in [-0.39, 0.29) is 22.2 Å². The van der Waals surface area contributed by atoms with Crippen LogP contribution in [-0.4, -0.2) is 49.7 Å². The number of hydrogen-bond acceptors (Lipinski definition) is 9. The largest absolute Gasteiger partial charge is 0.451 e. The van der Waals surface area contributed by atoms with Crippen LogP contribution in [0.2, 0.25) is 0 Å². The Hall–Kier alpha value is -2.75. The Bertz CT molecular complexity index is 881. The lowest BCUT2D eigenvalue weighted by Gasteiger charge is -2.15. The van der Waals surface area contributed by atoms with Gasteiger partial charge < -0.3 is 15.4 Å². The van der Waals surface area contributed by atoms with Gasteiger partial charge in [0.05, 0.1) is 10.5 Å². The Balaban J connectivity index is 2.17. The fourth-order valence-corrected chi connectivity index (χ4v) is 2.53. The van der Waals surface area contributed by atoms with Gasteiger partial charge in [0.2, 0.25) is 11.9 Å². The van der Waals surface area contributed by atoms with Crippen molar-refractivity contribution in [2.75, 3.05) is 31.0 Å². The lowest BCUT2D eigenvalue weighted by atomic mass is 10.2. The number of benzene rings is 1. The highest BCUT2D eigenvalue weighted by molar-refractivity contribution is 7.90. The van der Waals surface area contributed by atoms with Gasteiger partial charge in [-0.2, -0.15) is 15.0 Å². The van der Waals surface area contributed by atoms with Crippen LogP contribution < -0.4 is 10.6 Å². The van der Waals surface area contributed by atoms with Crippen molar-refractivity contribution in [2.45, 2.75) is 17.9 Å². The second-order valence-corrected chi connectivity index (χ2v) is 7.61. The van der Waals surface area contributed by atoms with Crippen LogP contribution >= 0.6 is 0 Å². The van der Waals surface area contributed by atoms with Crippen LogP contribution in [0.25, 0.3) is 0 Å². The zero-order valence-corrected chi connectivity index (χ0v) is 15.1. The maximum Gasteiger partial charge on any atom is 0.338 e. The zero-order chi connectivity index (χ0) is 18.8. The highest BCUT2D eigenvalue weighted by Crippen LogP contribution is 2.18. The quantitative estimate of drug-likeness (QED) is 0.766.